The maximum Gasteiger partial charge on any atom is 0.220 e. The van der Waals surface area contributed by atoms with Gasteiger partial charge in [-0.2, -0.15) is 0 Å². The fourth-order valence-corrected chi connectivity index (χ4v) is 14.1. The molecule has 0 bridgehead atoms. The minimum Gasteiger partial charge on any atom is -0.394 e. The highest BCUT2D eigenvalue weighted by Crippen LogP contribution is 2.33. The second-order valence-corrected chi connectivity index (χ2v) is 29.9. The number of carbonyl (C=O) groups excluding carboxylic acids is 1. The normalized spacial score (nSPS) is 26.4. The van der Waals surface area contributed by atoms with E-state index in [0.717, 1.165) is 44.9 Å². The summed E-state index contributed by atoms with van der Waals surface area (Å²) >= 11 is 0. The molecule has 17 atom stereocenters. The Morgan fingerprint density at radius 3 is 1.04 bits per heavy atom. The second kappa shape index (κ2) is 63.7. The number of aliphatic hydroxyl groups is 11. The first-order valence-corrected chi connectivity index (χ1v) is 41.9. The van der Waals surface area contributed by atoms with Gasteiger partial charge in [0.15, 0.2) is 18.9 Å². The van der Waals surface area contributed by atoms with Gasteiger partial charge < -0.3 is 89.9 Å². The minimum atomic E-state index is -1.98. The molecule has 0 saturated carbocycles. The number of unbranched alkanes of at least 4 members (excludes halogenated alkanes) is 45. The van der Waals surface area contributed by atoms with E-state index in [9.17, 15) is 61.0 Å². The molecule has 17 unspecified atom stereocenters. The summed E-state index contributed by atoms with van der Waals surface area (Å²) in [5.74, 6) is -0.280. The number of amides is 1. The van der Waals surface area contributed by atoms with Crippen LogP contribution in [0.2, 0.25) is 0 Å². The summed E-state index contributed by atoms with van der Waals surface area (Å²) in [5.41, 5.74) is 0. The third kappa shape index (κ3) is 43.1. The standard InChI is InChI=1S/C83H153NO18/c1-3-5-7-9-11-13-15-17-19-21-23-25-27-29-31-32-33-34-35-37-39-41-43-45-47-49-51-53-55-57-59-61-71(89)84-66(67(88)60-58-56-54-52-50-48-46-44-42-40-38-36-30-28-26-24-22-20-18-16-14-12-10-8-6-4-2)65-97-81-77(95)74(92)79(69(63-86)99-81)102-83-78(96)75(93)80(70(64-87)100-83)101-82-76(94)73(91)72(90)68(62-85)98-82/h15,17,21,23,50,52,58,60,66-70,72-83,85-88,90-96H,3-14,16,18-20,22,24-49,51,53-57,59,61-65H2,1-2H3,(H,84,89)/b17-15-,23-21-,52-50+,60-58+. The van der Waals surface area contributed by atoms with E-state index < -0.39 is 124 Å². The molecule has 12 N–H and O–H groups in total. The van der Waals surface area contributed by atoms with Crippen molar-refractivity contribution in [1.82, 2.24) is 5.32 Å². The molecule has 3 rings (SSSR count). The molecule has 19 heteroatoms. The lowest BCUT2D eigenvalue weighted by molar-refractivity contribution is -0.379. The Labute approximate surface area is 618 Å². The van der Waals surface area contributed by atoms with Gasteiger partial charge in [-0.1, -0.05) is 319 Å². The van der Waals surface area contributed by atoms with Gasteiger partial charge in [0.1, 0.15) is 73.2 Å². The minimum absolute atomic E-state index is 0.238. The smallest absolute Gasteiger partial charge is 0.220 e. The summed E-state index contributed by atoms with van der Waals surface area (Å²) in [5, 5.41) is 121. The summed E-state index contributed by atoms with van der Waals surface area (Å²) < 4.78 is 34.5. The van der Waals surface area contributed by atoms with Crippen LogP contribution in [0.1, 0.15) is 341 Å². The Morgan fingerprint density at radius 2 is 0.657 bits per heavy atom. The van der Waals surface area contributed by atoms with Gasteiger partial charge in [-0.25, -0.2) is 0 Å². The van der Waals surface area contributed by atoms with Gasteiger partial charge in [0, 0.05) is 6.42 Å². The Balaban J connectivity index is 1.37. The van der Waals surface area contributed by atoms with Crippen LogP contribution in [-0.2, 0) is 33.2 Å². The molecule has 598 valence electrons. The number of hydrogen-bond acceptors (Lipinski definition) is 18. The van der Waals surface area contributed by atoms with Crippen molar-refractivity contribution >= 4 is 5.91 Å². The van der Waals surface area contributed by atoms with E-state index >= 15 is 0 Å². The Bertz CT molecular complexity index is 2030. The number of aliphatic hydroxyl groups excluding tert-OH is 11. The predicted octanol–water partition coefficient (Wildman–Crippen LogP) is 14.5. The van der Waals surface area contributed by atoms with Gasteiger partial charge in [-0.05, 0) is 64.2 Å². The highest BCUT2D eigenvalue weighted by molar-refractivity contribution is 5.76. The van der Waals surface area contributed by atoms with Crippen LogP contribution in [-0.4, -0.2) is 193 Å². The van der Waals surface area contributed by atoms with Crippen molar-refractivity contribution in [2.75, 3.05) is 26.4 Å². The SMILES string of the molecule is CCCCCCC/C=C\C/C=C\CCCCCCCCCCCCCCCCCCCCCC(=O)NC(COC1OC(CO)C(OC2OC(CO)C(OC3OC(CO)C(O)C(O)C3O)C(O)C2O)C(O)C1O)C(O)/C=C/CC/C=C/CCCCCCCCCCCCCCCCCCCCCC. The van der Waals surface area contributed by atoms with E-state index in [1.807, 2.05) is 6.08 Å². The molecule has 1 amide bonds. The first-order chi connectivity index (χ1) is 49.8. The molecule has 0 aromatic rings. The number of carbonyl (C=O) groups is 1. The summed E-state index contributed by atoms with van der Waals surface area (Å²) in [7, 11) is 0. The molecule has 0 aliphatic carbocycles. The average molecular weight is 1450 g/mol. The monoisotopic (exact) mass is 1450 g/mol. The van der Waals surface area contributed by atoms with E-state index in [4.69, 9.17) is 28.4 Å². The highest BCUT2D eigenvalue weighted by atomic mass is 16.8. The maximum absolute atomic E-state index is 13.5. The van der Waals surface area contributed by atoms with Crippen LogP contribution in [0.5, 0.6) is 0 Å². The Hall–Kier alpha value is -2.25. The van der Waals surface area contributed by atoms with Gasteiger partial charge in [0.2, 0.25) is 5.91 Å². The molecule has 3 heterocycles. The van der Waals surface area contributed by atoms with E-state index in [2.05, 4.69) is 55.6 Å². The number of nitrogens with one attached hydrogen (secondary N) is 1. The maximum atomic E-state index is 13.5. The van der Waals surface area contributed by atoms with E-state index in [1.165, 1.54) is 263 Å². The quantitative estimate of drug-likeness (QED) is 0.0199. The number of rotatable bonds is 67. The predicted molar refractivity (Wildman–Crippen MR) is 406 cm³/mol. The molecule has 0 aromatic carbocycles. The fraction of sp³-hybridized carbons (Fsp3) is 0.892. The van der Waals surface area contributed by atoms with E-state index in [1.54, 1.807) is 6.08 Å². The second-order valence-electron chi connectivity index (χ2n) is 29.9. The lowest BCUT2D eigenvalue weighted by Gasteiger charge is -2.48. The average Bonchev–Trinajstić information content (AvgIpc) is 0.781. The van der Waals surface area contributed by atoms with Crippen molar-refractivity contribution in [3.8, 4) is 0 Å². The number of hydrogen-bond donors (Lipinski definition) is 12. The molecule has 19 nitrogen and oxygen atoms in total. The van der Waals surface area contributed by atoms with Crippen molar-refractivity contribution in [3.05, 3.63) is 48.6 Å². The summed E-state index contributed by atoms with van der Waals surface area (Å²) in [4.78, 5) is 13.5. The third-order valence-electron chi connectivity index (χ3n) is 20.8. The molecule has 0 spiro atoms. The zero-order chi connectivity index (χ0) is 73.9. The highest BCUT2D eigenvalue weighted by Gasteiger charge is 2.54. The molecule has 3 aliphatic heterocycles. The van der Waals surface area contributed by atoms with Gasteiger partial charge >= 0.3 is 0 Å². The first kappa shape index (κ1) is 94.0. The van der Waals surface area contributed by atoms with Gasteiger partial charge in [0.25, 0.3) is 0 Å². The molecule has 3 aliphatic rings. The molecule has 3 saturated heterocycles. The van der Waals surface area contributed by atoms with Crippen LogP contribution < -0.4 is 5.32 Å². The number of allylic oxidation sites excluding steroid dienone is 7. The largest absolute Gasteiger partial charge is 0.394 e. The van der Waals surface area contributed by atoms with Gasteiger partial charge in [-0.15, -0.1) is 0 Å². The molecular formula is C83H153NO18. The zero-order valence-corrected chi connectivity index (χ0v) is 64.1. The van der Waals surface area contributed by atoms with Crippen LogP contribution >= 0.6 is 0 Å². The van der Waals surface area contributed by atoms with E-state index in [-0.39, 0.29) is 18.9 Å². The lowest BCUT2D eigenvalue weighted by Crippen LogP contribution is -2.66. The van der Waals surface area contributed by atoms with Crippen molar-refractivity contribution in [2.45, 2.75) is 446 Å². The topological polar surface area (TPSA) is 307 Å². The van der Waals surface area contributed by atoms with Crippen LogP contribution in [0, 0.1) is 0 Å². The molecule has 3 fully saturated rings. The van der Waals surface area contributed by atoms with Gasteiger partial charge in [0.05, 0.1) is 38.6 Å². The fourth-order valence-electron chi connectivity index (χ4n) is 14.1. The summed E-state index contributed by atoms with van der Waals surface area (Å²) in [6.45, 7) is 1.76. The first-order valence-electron chi connectivity index (χ1n) is 41.9. The van der Waals surface area contributed by atoms with Gasteiger partial charge in [-0.3, -0.25) is 4.79 Å². The van der Waals surface area contributed by atoms with Crippen molar-refractivity contribution in [1.29, 1.82) is 0 Å². The molecule has 0 aromatic heterocycles. The van der Waals surface area contributed by atoms with Crippen LogP contribution in [0.3, 0.4) is 0 Å². The third-order valence-corrected chi connectivity index (χ3v) is 20.8. The Kier molecular flexibility index (Phi) is 58.6. The van der Waals surface area contributed by atoms with Crippen molar-refractivity contribution in [3.63, 3.8) is 0 Å². The lowest BCUT2D eigenvalue weighted by atomic mass is 9.96. The van der Waals surface area contributed by atoms with Crippen LogP contribution in [0.25, 0.3) is 0 Å². The number of ether oxygens (including phenoxy) is 6. The molecular weight excluding hydrogens is 1300 g/mol. The van der Waals surface area contributed by atoms with E-state index in [0.29, 0.717) is 12.8 Å². The Morgan fingerprint density at radius 1 is 0.353 bits per heavy atom. The zero-order valence-electron chi connectivity index (χ0n) is 64.1. The molecule has 0 radical (unpaired) electrons. The summed E-state index contributed by atoms with van der Waals surface area (Å²) in [6.07, 6.45) is 53.9. The van der Waals surface area contributed by atoms with Crippen molar-refractivity contribution < 1.29 is 89.4 Å². The molecule has 102 heavy (non-hydrogen) atoms. The van der Waals surface area contributed by atoms with Crippen LogP contribution in [0.4, 0.5) is 0 Å². The van der Waals surface area contributed by atoms with Crippen LogP contribution in [0.15, 0.2) is 48.6 Å². The van der Waals surface area contributed by atoms with Crippen molar-refractivity contribution in [2.24, 2.45) is 0 Å². The summed E-state index contributed by atoms with van der Waals surface area (Å²) in [6, 6.07) is -0.991.